The summed E-state index contributed by atoms with van der Waals surface area (Å²) < 4.78 is 28.3. The molecule has 0 aromatic heterocycles. The Labute approximate surface area is 77.5 Å². The van der Waals surface area contributed by atoms with Gasteiger partial charge in [-0.25, -0.2) is 8.42 Å². The first-order valence-electron chi connectivity index (χ1n) is 3.74. The van der Waals surface area contributed by atoms with Gasteiger partial charge in [0.1, 0.15) is 6.10 Å². The van der Waals surface area contributed by atoms with Gasteiger partial charge in [0.2, 0.25) is 10.0 Å². The van der Waals surface area contributed by atoms with E-state index in [-0.39, 0.29) is 12.3 Å². The van der Waals surface area contributed by atoms with Crippen LogP contribution in [0.5, 0.6) is 0 Å². The van der Waals surface area contributed by atoms with E-state index < -0.39 is 22.0 Å². The van der Waals surface area contributed by atoms with E-state index in [2.05, 4.69) is 4.74 Å². The van der Waals surface area contributed by atoms with Crippen LogP contribution < -0.4 is 10.5 Å². The molecule has 13 heavy (non-hydrogen) atoms. The molecule has 1 amide bonds. The number of ether oxygens (including phenoxy) is 1. The maximum Gasteiger partial charge on any atom is 0.263 e. The van der Waals surface area contributed by atoms with Crippen LogP contribution >= 0.6 is 0 Å². The zero-order valence-corrected chi connectivity index (χ0v) is 8.43. The fourth-order valence-corrected chi connectivity index (χ4v) is 1.18. The summed E-state index contributed by atoms with van der Waals surface area (Å²) in [5.74, 6) is -0.883. The molecule has 0 bridgehead atoms. The first-order valence-corrected chi connectivity index (χ1v) is 5.39. The van der Waals surface area contributed by atoms with E-state index in [1.165, 1.54) is 14.0 Å². The van der Waals surface area contributed by atoms with Crippen molar-refractivity contribution in [1.82, 2.24) is 4.72 Å². The van der Waals surface area contributed by atoms with E-state index in [9.17, 15) is 13.2 Å². The van der Waals surface area contributed by atoms with Gasteiger partial charge in [0, 0.05) is 13.7 Å². The second kappa shape index (κ2) is 5.15. The van der Waals surface area contributed by atoms with Crippen molar-refractivity contribution in [3.63, 3.8) is 0 Å². The van der Waals surface area contributed by atoms with Crippen molar-refractivity contribution in [2.45, 2.75) is 13.0 Å². The largest absolute Gasteiger partial charge is 0.370 e. The number of amides is 1. The molecule has 0 aromatic rings. The molecular formula is C6H14N2O4S. The molecule has 0 fully saturated rings. The molecule has 0 saturated heterocycles. The molecule has 0 aliphatic carbocycles. The SMILES string of the molecule is CCS(=O)(=O)NC(=O)C(CN)OC. The molecule has 7 heteroatoms. The van der Waals surface area contributed by atoms with Gasteiger partial charge >= 0.3 is 0 Å². The topological polar surface area (TPSA) is 98.5 Å². The predicted molar refractivity (Wildman–Crippen MR) is 47.5 cm³/mol. The van der Waals surface area contributed by atoms with Gasteiger partial charge in [-0.05, 0) is 6.92 Å². The van der Waals surface area contributed by atoms with E-state index in [1.54, 1.807) is 0 Å². The molecule has 0 radical (unpaired) electrons. The molecule has 0 rings (SSSR count). The third kappa shape index (κ3) is 4.20. The van der Waals surface area contributed by atoms with Gasteiger partial charge in [0.25, 0.3) is 5.91 Å². The standard InChI is InChI=1S/C6H14N2O4S/c1-3-13(10,11)8-6(9)5(4-7)12-2/h5H,3-4,7H2,1-2H3,(H,8,9). The first-order chi connectivity index (χ1) is 5.96. The molecule has 1 unspecified atom stereocenters. The summed E-state index contributed by atoms with van der Waals surface area (Å²) in [5.41, 5.74) is 5.16. The van der Waals surface area contributed by atoms with Gasteiger partial charge in [-0.3, -0.25) is 9.52 Å². The van der Waals surface area contributed by atoms with Crippen LogP contribution in [-0.4, -0.2) is 39.8 Å². The van der Waals surface area contributed by atoms with Crippen molar-refractivity contribution in [2.75, 3.05) is 19.4 Å². The maximum atomic E-state index is 11.1. The van der Waals surface area contributed by atoms with Crippen LogP contribution in [0.2, 0.25) is 0 Å². The van der Waals surface area contributed by atoms with Gasteiger partial charge < -0.3 is 10.5 Å². The first kappa shape index (κ1) is 12.3. The molecule has 0 aliphatic rings. The van der Waals surface area contributed by atoms with Crippen molar-refractivity contribution in [2.24, 2.45) is 5.73 Å². The van der Waals surface area contributed by atoms with Gasteiger partial charge in [0.15, 0.2) is 0 Å². The van der Waals surface area contributed by atoms with Crippen LogP contribution in [0.1, 0.15) is 6.92 Å². The van der Waals surface area contributed by atoms with Crippen LogP contribution in [0.4, 0.5) is 0 Å². The van der Waals surface area contributed by atoms with Crippen LogP contribution in [0.3, 0.4) is 0 Å². The van der Waals surface area contributed by atoms with Crippen LogP contribution in [0, 0.1) is 0 Å². The molecular weight excluding hydrogens is 196 g/mol. The number of rotatable bonds is 5. The molecule has 0 aromatic carbocycles. The van der Waals surface area contributed by atoms with E-state index in [0.717, 1.165) is 0 Å². The van der Waals surface area contributed by atoms with E-state index >= 15 is 0 Å². The lowest BCUT2D eigenvalue weighted by Gasteiger charge is -2.12. The number of hydrogen-bond donors (Lipinski definition) is 2. The highest BCUT2D eigenvalue weighted by Crippen LogP contribution is 1.90. The zero-order chi connectivity index (χ0) is 10.5. The molecule has 3 N–H and O–H groups in total. The Hall–Kier alpha value is -0.660. The fourth-order valence-electron chi connectivity index (χ4n) is 0.601. The number of sulfonamides is 1. The molecule has 6 nitrogen and oxygen atoms in total. The Morgan fingerprint density at radius 1 is 1.62 bits per heavy atom. The summed E-state index contributed by atoms with van der Waals surface area (Å²) in [6.45, 7) is 1.38. The quantitative estimate of drug-likeness (QED) is 0.571. The van der Waals surface area contributed by atoms with Crippen molar-refractivity contribution in [1.29, 1.82) is 0 Å². The number of nitrogens with one attached hydrogen (secondary N) is 1. The molecule has 0 saturated carbocycles. The van der Waals surface area contributed by atoms with Crippen LogP contribution in [-0.2, 0) is 19.6 Å². The maximum absolute atomic E-state index is 11.1. The monoisotopic (exact) mass is 210 g/mol. The average Bonchev–Trinajstić information content (AvgIpc) is 2.06. The summed E-state index contributed by atoms with van der Waals surface area (Å²) in [4.78, 5) is 11.1. The van der Waals surface area contributed by atoms with Crippen molar-refractivity contribution < 1.29 is 17.9 Å². The van der Waals surface area contributed by atoms with Gasteiger partial charge in [-0.15, -0.1) is 0 Å². The minimum atomic E-state index is -3.52. The highest BCUT2D eigenvalue weighted by molar-refractivity contribution is 7.90. The molecule has 0 aliphatic heterocycles. The molecule has 1 atom stereocenters. The lowest BCUT2D eigenvalue weighted by molar-refractivity contribution is -0.128. The second-order valence-electron chi connectivity index (χ2n) is 2.33. The Bertz CT molecular complexity index is 258. The number of carbonyl (C=O) groups is 1. The van der Waals surface area contributed by atoms with Crippen molar-refractivity contribution in [3.8, 4) is 0 Å². The number of carbonyl (C=O) groups excluding carboxylic acids is 1. The van der Waals surface area contributed by atoms with E-state index in [4.69, 9.17) is 5.73 Å². The third-order valence-electron chi connectivity index (χ3n) is 1.43. The Kier molecular flexibility index (Phi) is 4.89. The van der Waals surface area contributed by atoms with E-state index in [0.29, 0.717) is 0 Å². The van der Waals surface area contributed by atoms with Crippen LogP contribution in [0.15, 0.2) is 0 Å². The number of nitrogens with two attached hydrogens (primary N) is 1. The van der Waals surface area contributed by atoms with Gasteiger partial charge in [-0.1, -0.05) is 0 Å². The predicted octanol–water partition coefficient (Wildman–Crippen LogP) is -1.57. The lowest BCUT2D eigenvalue weighted by Crippen LogP contribution is -2.43. The minimum absolute atomic E-state index is 0.0540. The smallest absolute Gasteiger partial charge is 0.263 e. The Morgan fingerprint density at radius 3 is 2.46 bits per heavy atom. The summed E-state index contributed by atoms with van der Waals surface area (Å²) in [6.07, 6.45) is -0.915. The zero-order valence-electron chi connectivity index (χ0n) is 7.61. The number of methoxy groups -OCH3 is 1. The lowest BCUT2D eigenvalue weighted by atomic mass is 10.3. The molecule has 0 spiro atoms. The third-order valence-corrected chi connectivity index (χ3v) is 2.70. The normalized spacial score (nSPS) is 13.8. The van der Waals surface area contributed by atoms with Gasteiger partial charge in [-0.2, -0.15) is 0 Å². The van der Waals surface area contributed by atoms with Crippen LogP contribution in [0.25, 0.3) is 0 Å². The summed E-state index contributed by atoms with van der Waals surface area (Å²) >= 11 is 0. The van der Waals surface area contributed by atoms with Gasteiger partial charge in [0.05, 0.1) is 5.75 Å². The Balaban J connectivity index is 4.30. The Morgan fingerprint density at radius 2 is 2.15 bits per heavy atom. The second-order valence-corrected chi connectivity index (χ2v) is 4.34. The van der Waals surface area contributed by atoms with Crippen molar-refractivity contribution >= 4 is 15.9 Å². The fraction of sp³-hybridized carbons (Fsp3) is 0.833. The number of hydrogen-bond acceptors (Lipinski definition) is 5. The summed E-state index contributed by atoms with van der Waals surface area (Å²) in [6, 6.07) is 0. The van der Waals surface area contributed by atoms with E-state index in [1.807, 2.05) is 4.72 Å². The molecule has 78 valence electrons. The average molecular weight is 210 g/mol. The van der Waals surface area contributed by atoms with Crippen molar-refractivity contribution in [3.05, 3.63) is 0 Å². The highest BCUT2D eigenvalue weighted by Gasteiger charge is 2.20. The summed E-state index contributed by atoms with van der Waals surface area (Å²) in [7, 11) is -2.23. The molecule has 0 heterocycles. The minimum Gasteiger partial charge on any atom is -0.370 e. The summed E-state index contributed by atoms with van der Waals surface area (Å²) in [5, 5.41) is 0. The highest BCUT2D eigenvalue weighted by atomic mass is 32.2.